The number of nitrogens with zero attached hydrogens (tertiary/aromatic N) is 2. The maximum atomic E-state index is 13.5. The molecule has 4 aliphatic rings. The molecule has 5 rings (SSSR count). The molecule has 164 valence electrons. The number of alkyl halides is 3. The zero-order chi connectivity index (χ0) is 21.1. The van der Waals surface area contributed by atoms with E-state index in [2.05, 4.69) is 22.7 Å². The number of ether oxygens (including phenoxy) is 1. The van der Waals surface area contributed by atoms with Crippen molar-refractivity contribution in [3.8, 4) is 0 Å². The van der Waals surface area contributed by atoms with Crippen LogP contribution < -0.4 is 10.7 Å². The molecule has 3 fully saturated rings. The highest BCUT2D eigenvalue weighted by Gasteiger charge is 2.61. The Kier molecular flexibility index (Phi) is 4.74. The van der Waals surface area contributed by atoms with Gasteiger partial charge in [0.05, 0.1) is 28.4 Å². The molecule has 1 aromatic heterocycles. The van der Waals surface area contributed by atoms with Crippen molar-refractivity contribution in [2.45, 2.75) is 69.8 Å². The molecule has 2 saturated heterocycles. The zero-order valence-electron chi connectivity index (χ0n) is 17.0. The van der Waals surface area contributed by atoms with Crippen LogP contribution in [-0.4, -0.2) is 47.2 Å². The van der Waals surface area contributed by atoms with Crippen molar-refractivity contribution in [2.75, 3.05) is 18.6 Å². The lowest BCUT2D eigenvalue weighted by Gasteiger charge is -2.33. The predicted molar refractivity (Wildman–Crippen MR) is 103 cm³/mol. The quantitative estimate of drug-likeness (QED) is 0.764. The summed E-state index contributed by atoms with van der Waals surface area (Å²) in [5.41, 5.74) is 2.60. The van der Waals surface area contributed by atoms with Crippen LogP contribution in [0, 0.1) is 11.3 Å². The molecule has 4 atom stereocenters. The second kappa shape index (κ2) is 7.09. The average molecular weight is 424 g/mol. The summed E-state index contributed by atoms with van der Waals surface area (Å²) in [5.74, 6) is 0.121. The van der Waals surface area contributed by atoms with Gasteiger partial charge in [0.15, 0.2) is 0 Å². The Balaban J connectivity index is 1.34. The molecule has 0 radical (unpaired) electrons. The van der Waals surface area contributed by atoms with Gasteiger partial charge in [0, 0.05) is 37.9 Å². The van der Waals surface area contributed by atoms with Gasteiger partial charge in [-0.3, -0.25) is 20.2 Å². The molecule has 1 saturated carbocycles. The number of halogens is 3. The average Bonchev–Trinajstić information content (AvgIpc) is 3.23. The number of fused-ring (bicyclic) bond motifs is 2. The number of carbonyl (C=O) groups is 1. The summed E-state index contributed by atoms with van der Waals surface area (Å²) >= 11 is 0. The summed E-state index contributed by atoms with van der Waals surface area (Å²) in [6.07, 6.45) is 1.41. The van der Waals surface area contributed by atoms with E-state index < -0.39 is 17.2 Å². The standard InChI is InChI=1S/C21H27F3N4O2/c1-12-18-9-16-17(8-13(11-25-16)21(22,23)24)27-28(18)19(29)20(12)5-2-15(10-20)26-14-3-6-30-7-4-14/h8,11-12,14-15,18,26-27H,2-7,9-10H2,1H3/t12?,15-,18?,20+/m1/s1. The van der Waals surface area contributed by atoms with E-state index in [1.54, 1.807) is 5.01 Å². The van der Waals surface area contributed by atoms with E-state index in [-0.39, 0.29) is 29.6 Å². The lowest BCUT2D eigenvalue weighted by molar-refractivity contribution is -0.137. The molecule has 30 heavy (non-hydrogen) atoms. The lowest BCUT2D eigenvalue weighted by Crippen LogP contribution is -2.45. The van der Waals surface area contributed by atoms with Crippen LogP contribution in [0.15, 0.2) is 12.3 Å². The summed E-state index contributed by atoms with van der Waals surface area (Å²) in [4.78, 5) is 17.5. The van der Waals surface area contributed by atoms with Crippen molar-refractivity contribution < 1.29 is 22.7 Å². The SMILES string of the molecule is CC1C2Cc3ncc(C(F)(F)F)cc3NN2C(=O)[C@]12CC[C@@H](NC1CCOCC1)C2. The smallest absolute Gasteiger partial charge is 0.381 e. The van der Waals surface area contributed by atoms with E-state index in [0.29, 0.717) is 18.2 Å². The predicted octanol–water partition coefficient (Wildman–Crippen LogP) is 3.14. The van der Waals surface area contributed by atoms with Crippen LogP contribution in [0.3, 0.4) is 0 Å². The third-order valence-electron chi connectivity index (χ3n) is 7.61. The Morgan fingerprint density at radius 1 is 1.27 bits per heavy atom. The molecule has 6 nitrogen and oxygen atoms in total. The first kappa shape index (κ1) is 20.1. The van der Waals surface area contributed by atoms with Gasteiger partial charge >= 0.3 is 6.18 Å². The van der Waals surface area contributed by atoms with Crippen LogP contribution in [0.2, 0.25) is 0 Å². The number of carbonyl (C=O) groups excluding carboxylic acids is 1. The Morgan fingerprint density at radius 3 is 2.77 bits per heavy atom. The third kappa shape index (κ3) is 3.17. The Labute approximate surface area is 173 Å². The summed E-state index contributed by atoms with van der Waals surface area (Å²) in [6.45, 7) is 3.65. The van der Waals surface area contributed by atoms with Gasteiger partial charge in [0.2, 0.25) is 5.91 Å². The van der Waals surface area contributed by atoms with E-state index in [0.717, 1.165) is 57.6 Å². The maximum absolute atomic E-state index is 13.5. The summed E-state index contributed by atoms with van der Waals surface area (Å²) in [5, 5.41) is 5.31. The Morgan fingerprint density at radius 2 is 2.03 bits per heavy atom. The number of amides is 1. The minimum Gasteiger partial charge on any atom is -0.381 e. The number of hydrogen-bond donors (Lipinski definition) is 2. The highest BCUT2D eigenvalue weighted by atomic mass is 19.4. The maximum Gasteiger partial charge on any atom is 0.417 e. The Bertz CT molecular complexity index is 842. The van der Waals surface area contributed by atoms with Crippen molar-refractivity contribution >= 4 is 11.6 Å². The second-order valence-electron chi connectivity index (χ2n) is 9.21. The van der Waals surface area contributed by atoms with Crippen LogP contribution in [-0.2, 0) is 22.1 Å². The molecule has 9 heteroatoms. The van der Waals surface area contributed by atoms with E-state index in [9.17, 15) is 18.0 Å². The summed E-state index contributed by atoms with van der Waals surface area (Å²) < 4.78 is 44.7. The minimum atomic E-state index is -4.46. The van der Waals surface area contributed by atoms with Gasteiger partial charge in [-0.15, -0.1) is 0 Å². The van der Waals surface area contributed by atoms with Crippen molar-refractivity contribution in [1.82, 2.24) is 15.3 Å². The molecule has 0 bridgehead atoms. The van der Waals surface area contributed by atoms with Gasteiger partial charge in [-0.1, -0.05) is 6.92 Å². The van der Waals surface area contributed by atoms with Crippen molar-refractivity contribution in [2.24, 2.45) is 11.3 Å². The van der Waals surface area contributed by atoms with Crippen LogP contribution >= 0.6 is 0 Å². The molecule has 2 unspecified atom stereocenters. The molecule has 1 amide bonds. The monoisotopic (exact) mass is 424 g/mol. The van der Waals surface area contributed by atoms with E-state index in [1.165, 1.54) is 0 Å². The van der Waals surface area contributed by atoms with Gasteiger partial charge in [-0.05, 0) is 44.1 Å². The first-order valence-electron chi connectivity index (χ1n) is 10.8. The van der Waals surface area contributed by atoms with Crippen molar-refractivity contribution in [1.29, 1.82) is 0 Å². The fourth-order valence-corrected chi connectivity index (χ4v) is 5.84. The minimum absolute atomic E-state index is 0.0133. The number of pyridine rings is 1. The molecule has 1 aromatic rings. The molecule has 4 heterocycles. The molecular formula is C21H27F3N4O2. The van der Waals surface area contributed by atoms with E-state index in [1.807, 2.05) is 0 Å². The first-order valence-corrected chi connectivity index (χ1v) is 10.8. The largest absolute Gasteiger partial charge is 0.417 e. The number of aromatic nitrogens is 1. The van der Waals surface area contributed by atoms with Crippen LogP contribution in [0.1, 0.15) is 50.3 Å². The molecule has 1 spiro atoms. The van der Waals surface area contributed by atoms with Crippen molar-refractivity contribution in [3.63, 3.8) is 0 Å². The molecular weight excluding hydrogens is 397 g/mol. The van der Waals surface area contributed by atoms with Gasteiger partial charge < -0.3 is 10.1 Å². The molecule has 3 aliphatic heterocycles. The van der Waals surface area contributed by atoms with Crippen molar-refractivity contribution in [3.05, 3.63) is 23.5 Å². The van der Waals surface area contributed by atoms with Crippen LogP contribution in [0.25, 0.3) is 0 Å². The number of hydrogen-bond acceptors (Lipinski definition) is 5. The Hall–Kier alpha value is -1.87. The number of rotatable bonds is 2. The molecule has 1 aliphatic carbocycles. The number of nitrogens with one attached hydrogen (secondary N) is 2. The highest BCUT2D eigenvalue weighted by molar-refractivity contribution is 5.88. The van der Waals surface area contributed by atoms with Gasteiger partial charge in [-0.2, -0.15) is 13.2 Å². The lowest BCUT2D eigenvalue weighted by atomic mass is 9.73. The van der Waals surface area contributed by atoms with Gasteiger partial charge in [-0.25, -0.2) is 0 Å². The van der Waals surface area contributed by atoms with E-state index >= 15 is 0 Å². The third-order valence-corrected chi connectivity index (χ3v) is 7.61. The summed E-state index contributed by atoms with van der Waals surface area (Å²) in [6, 6.07) is 1.70. The molecule has 2 N–H and O–H groups in total. The van der Waals surface area contributed by atoms with Gasteiger partial charge in [0.25, 0.3) is 0 Å². The first-order chi connectivity index (χ1) is 14.3. The zero-order valence-corrected chi connectivity index (χ0v) is 17.0. The molecule has 0 aromatic carbocycles. The normalized spacial score (nSPS) is 34.2. The van der Waals surface area contributed by atoms with Gasteiger partial charge in [0.1, 0.15) is 0 Å². The summed E-state index contributed by atoms with van der Waals surface area (Å²) in [7, 11) is 0. The van der Waals surface area contributed by atoms with Crippen LogP contribution in [0.5, 0.6) is 0 Å². The topological polar surface area (TPSA) is 66.5 Å². The van der Waals surface area contributed by atoms with E-state index in [4.69, 9.17) is 4.74 Å². The highest BCUT2D eigenvalue weighted by Crippen LogP contribution is 2.54. The fraction of sp³-hybridized carbons (Fsp3) is 0.714. The van der Waals surface area contributed by atoms with Crippen LogP contribution in [0.4, 0.5) is 18.9 Å². The fourth-order valence-electron chi connectivity index (χ4n) is 5.84. The number of anilines is 1. The second-order valence-corrected chi connectivity index (χ2v) is 9.21. The number of hydrazine groups is 1.